The van der Waals surface area contributed by atoms with Gasteiger partial charge in [0.1, 0.15) is 5.82 Å². The summed E-state index contributed by atoms with van der Waals surface area (Å²) in [6.45, 7) is 1.57. The van der Waals surface area contributed by atoms with E-state index >= 15 is 0 Å². The van der Waals surface area contributed by atoms with Crippen LogP contribution in [0, 0.1) is 5.92 Å². The van der Waals surface area contributed by atoms with Crippen molar-refractivity contribution in [3.05, 3.63) is 18.2 Å². The molecule has 0 atom stereocenters. The normalized spacial score (nSPS) is 19.6. The van der Waals surface area contributed by atoms with Crippen LogP contribution < -0.4 is 5.32 Å². The van der Waals surface area contributed by atoms with E-state index in [0.29, 0.717) is 12.3 Å². The van der Waals surface area contributed by atoms with Crippen molar-refractivity contribution in [1.82, 2.24) is 14.9 Å². The molecule has 2 aliphatic carbocycles. The van der Waals surface area contributed by atoms with Gasteiger partial charge in [0.15, 0.2) is 0 Å². The molecule has 0 aromatic carbocycles. The van der Waals surface area contributed by atoms with E-state index in [-0.39, 0.29) is 5.91 Å². The van der Waals surface area contributed by atoms with E-state index in [0.717, 1.165) is 25.4 Å². The highest BCUT2D eigenvalue weighted by Gasteiger charge is 2.27. The maximum atomic E-state index is 11.9. The summed E-state index contributed by atoms with van der Waals surface area (Å²) in [6, 6.07) is 0. The topological polar surface area (TPSA) is 46.9 Å². The van der Waals surface area contributed by atoms with E-state index in [1.165, 1.54) is 50.8 Å². The molecule has 0 saturated heterocycles. The number of hydrogen-bond donors (Lipinski definition) is 1. The van der Waals surface area contributed by atoms with Crippen molar-refractivity contribution >= 4 is 5.91 Å². The molecule has 4 heteroatoms. The van der Waals surface area contributed by atoms with Crippen molar-refractivity contribution in [3.63, 3.8) is 0 Å². The third-order valence-electron chi connectivity index (χ3n) is 4.87. The molecule has 4 nitrogen and oxygen atoms in total. The molecule has 116 valence electrons. The number of amides is 1. The van der Waals surface area contributed by atoms with Crippen LogP contribution in [0.4, 0.5) is 0 Å². The van der Waals surface area contributed by atoms with Crippen LogP contribution in [0.15, 0.2) is 12.4 Å². The maximum absolute atomic E-state index is 11.9. The van der Waals surface area contributed by atoms with Crippen molar-refractivity contribution in [2.24, 2.45) is 5.92 Å². The van der Waals surface area contributed by atoms with Crippen LogP contribution in [0.5, 0.6) is 0 Å². The highest BCUT2D eigenvalue weighted by molar-refractivity contribution is 5.75. The zero-order chi connectivity index (χ0) is 14.5. The van der Waals surface area contributed by atoms with Gasteiger partial charge in [-0.2, -0.15) is 0 Å². The minimum Gasteiger partial charge on any atom is -0.354 e. The smallest absolute Gasteiger partial charge is 0.220 e. The molecule has 2 fully saturated rings. The Labute approximate surface area is 127 Å². The van der Waals surface area contributed by atoms with Crippen LogP contribution in [0.25, 0.3) is 0 Å². The first-order chi connectivity index (χ1) is 10.3. The van der Waals surface area contributed by atoms with Crippen molar-refractivity contribution in [2.45, 2.75) is 70.3 Å². The van der Waals surface area contributed by atoms with Gasteiger partial charge in [-0.05, 0) is 25.2 Å². The quantitative estimate of drug-likeness (QED) is 0.837. The predicted octanol–water partition coefficient (Wildman–Crippen LogP) is 3.24. The summed E-state index contributed by atoms with van der Waals surface area (Å²) >= 11 is 0. The van der Waals surface area contributed by atoms with E-state index in [4.69, 9.17) is 0 Å². The second-order valence-electron chi connectivity index (χ2n) is 6.65. The molecule has 0 spiro atoms. The van der Waals surface area contributed by atoms with E-state index in [9.17, 15) is 4.79 Å². The second kappa shape index (κ2) is 7.10. The highest BCUT2D eigenvalue weighted by Crippen LogP contribution is 2.38. The Bertz CT molecular complexity index is 458. The molecule has 1 N–H and O–H groups in total. The summed E-state index contributed by atoms with van der Waals surface area (Å²) < 4.78 is 2.19. The van der Waals surface area contributed by atoms with Crippen LogP contribution in [-0.2, 0) is 11.3 Å². The zero-order valence-corrected chi connectivity index (χ0v) is 12.9. The van der Waals surface area contributed by atoms with Gasteiger partial charge >= 0.3 is 0 Å². The molecule has 1 heterocycles. The van der Waals surface area contributed by atoms with E-state index in [1.807, 2.05) is 12.4 Å². The minimum absolute atomic E-state index is 0.216. The molecule has 1 aromatic rings. The number of imidazole rings is 1. The lowest BCUT2D eigenvalue weighted by Gasteiger charge is -2.21. The van der Waals surface area contributed by atoms with Crippen molar-refractivity contribution < 1.29 is 4.79 Å². The SMILES string of the molecule is O=C(CCC1CCCCC1)NCCn1ccnc1C1CC1. The molecular weight excluding hydrogens is 262 g/mol. The van der Waals surface area contributed by atoms with Gasteiger partial charge in [-0.15, -0.1) is 0 Å². The molecular formula is C17H27N3O. The van der Waals surface area contributed by atoms with Gasteiger partial charge in [-0.3, -0.25) is 4.79 Å². The van der Waals surface area contributed by atoms with Crippen molar-refractivity contribution in [1.29, 1.82) is 0 Å². The Balaban J connectivity index is 1.33. The van der Waals surface area contributed by atoms with E-state index in [2.05, 4.69) is 14.9 Å². The molecule has 2 saturated carbocycles. The number of carbonyl (C=O) groups excluding carboxylic acids is 1. The molecule has 1 aromatic heterocycles. The van der Waals surface area contributed by atoms with Gasteiger partial charge in [0.25, 0.3) is 0 Å². The lowest BCUT2D eigenvalue weighted by atomic mass is 9.86. The summed E-state index contributed by atoms with van der Waals surface area (Å²) in [7, 11) is 0. The van der Waals surface area contributed by atoms with Gasteiger partial charge in [0, 0.05) is 37.8 Å². The Morgan fingerprint density at radius 1 is 1.24 bits per heavy atom. The van der Waals surface area contributed by atoms with Crippen LogP contribution in [0.2, 0.25) is 0 Å². The van der Waals surface area contributed by atoms with Gasteiger partial charge < -0.3 is 9.88 Å². The fourth-order valence-electron chi connectivity index (χ4n) is 3.43. The number of nitrogens with zero attached hydrogens (tertiary/aromatic N) is 2. The number of rotatable bonds is 7. The third-order valence-corrected chi connectivity index (χ3v) is 4.87. The maximum Gasteiger partial charge on any atom is 0.220 e. The summed E-state index contributed by atoms with van der Waals surface area (Å²) in [5, 5.41) is 3.06. The summed E-state index contributed by atoms with van der Waals surface area (Å²) in [6.07, 6.45) is 15.0. The lowest BCUT2D eigenvalue weighted by Crippen LogP contribution is -2.27. The number of hydrogen-bond acceptors (Lipinski definition) is 2. The molecule has 0 unspecified atom stereocenters. The fraction of sp³-hybridized carbons (Fsp3) is 0.765. The van der Waals surface area contributed by atoms with Gasteiger partial charge in [-0.25, -0.2) is 4.98 Å². The molecule has 3 rings (SSSR count). The lowest BCUT2D eigenvalue weighted by molar-refractivity contribution is -0.121. The minimum atomic E-state index is 0.216. The van der Waals surface area contributed by atoms with Crippen LogP contribution in [-0.4, -0.2) is 22.0 Å². The summed E-state index contributed by atoms with van der Waals surface area (Å²) in [5.74, 6) is 2.88. The third kappa shape index (κ3) is 4.32. The van der Waals surface area contributed by atoms with Gasteiger partial charge in [-0.1, -0.05) is 32.1 Å². The number of nitrogens with one attached hydrogen (secondary N) is 1. The first kappa shape index (κ1) is 14.6. The zero-order valence-electron chi connectivity index (χ0n) is 12.9. The number of aromatic nitrogens is 2. The Kier molecular flexibility index (Phi) is 4.94. The average molecular weight is 289 g/mol. The molecule has 0 aliphatic heterocycles. The van der Waals surface area contributed by atoms with Gasteiger partial charge in [0.2, 0.25) is 5.91 Å². The van der Waals surface area contributed by atoms with E-state index < -0.39 is 0 Å². The molecule has 1 amide bonds. The summed E-state index contributed by atoms with van der Waals surface area (Å²) in [4.78, 5) is 16.3. The molecule has 21 heavy (non-hydrogen) atoms. The van der Waals surface area contributed by atoms with Gasteiger partial charge in [0.05, 0.1) is 0 Å². The molecule has 2 aliphatic rings. The first-order valence-corrected chi connectivity index (χ1v) is 8.60. The highest BCUT2D eigenvalue weighted by atomic mass is 16.1. The summed E-state index contributed by atoms with van der Waals surface area (Å²) in [5.41, 5.74) is 0. The monoisotopic (exact) mass is 289 g/mol. The molecule has 0 radical (unpaired) electrons. The van der Waals surface area contributed by atoms with Crippen molar-refractivity contribution in [3.8, 4) is 0 Å². The van der Waals surface area contributed by atoms with Crippen molar-refractivity contribution in [2.75, 3.05) is 6.54 Å². The fourth-order valence-corrected chi connectivity index (χ4v) is 3.43. The largest absolute Gasteiger partial charge is 0.354 e. The molecule has 0 bridgehead atoms. The predicted molar refractivity (Wildman–Crippen MR) is 83.0 cm³/mol. The van der Waals surface area contributed by atoms with Crippen LogP contribution in [0.1, 0.15) is 69.5 Å². The standard InChI is InChI=1S/C17H27N3O/c21-16(9-6-14-4-2-1-3-5-14)18-10-12-20-13-11-19-17(20)15-7-8-15/h11,13-15H,1-10,12H2,(H,18,21). The first-order valence-electron chi connectivity index (χ1n) is 8.60. The van der Waals surface area contributed by atoms with Crippen LogP contribution >= 0.6 is 0 Å². The number of carbonyl (C=O) groups is 1. The van der Waals surface area contributed by atoms with E-state index in [1.54, 1.807) is 0 Å². The van der Waals surface area contributed by atoms with Crippen LogP contribution in [0.3, 0.4) is 0 Å². The second-order valence-corrected chi connectivity index (χ2v) is 6.65. The Morgan fingerprint density at radius 3 is 2.81 bits per heavy atom. The Morgan fingerprint density at radius 2 is 2.05 bits per heavy atom. The Hall–Kier alpha value is -1.32. The average Bonchev–Trinajstić information content (AvgIpc) is 3.26.